The van der Waals surface area contributed by atoms with E-state index in [2.05, 4.69) is 16.9 Å². The fourth-order valence-electron chi connectivity index (χ4n) is 2.39. The summed E-state index contributed by atoms with van der Waals surface area (Å²) in [5, 5.41) is 13.7. The molecule has 2 aromatic rings. The second kappa shape index (κ2) is 8.70. The molecule has 0 aliphatic carbocycles. The van der Waals surface area contributed by atoms with Gasteiger partial charge in [0.05, 0.1) is 6.20 Å². The monoisotopic (exact) mass is 351 g/mol. The number of ether oxygens (including phenoxy) is 1. The van der Waals surface area contributed by atoms with E-state index in [0.29, 0.717) is 17.3 Å². The lowest BCUT2D eigenvalue weighted by Gasteiger charge is -2.21. The Morgan fingerprint density at radius 1 is 1.38 bits per heavy atom. The van der Waals surface area contributed by atoms with Crippen molar-refractivity contribution < 1.29 is 14.6 Å². The highest BCUT2D eigenvalue weighted by atomic mass is 35.5. The van der Waals surface area contributed by atoms with Crippen molar-refractivity contribution in [3.8, 4) is 5.75 Å². The number of aliphatic carboxylic acids is 1. The van der Waals surface area contributed by atoms with Crippen LogP contribution in [-0.4, -0.2) is 38.9 Å². The maximum atomic E-state index is 10.7. The highest BCUT2D eigenvalue weighted by Gasteiger charge is 2.12. The molecule has 0 fully saturated rings. The summed E-state index contributed by atoms with van der Waals surface area (Å²) in [5.41, 5.74) is 2.00. The standard InChI is InChI=1S/C17H22ClN3O3/c1-3-20(9-13-8-19-21(4-2)10-13)11-14-7-15(18)5-6-16(14)24-12-17(22)23/h5-8,10H,3-4,9,11-12H2,1-2H3,(H,22,23). The Morgan fingerprint density at radius 3 is 2.79 bits per heavy atom. The summed E-state index contributed by atoms with van der Waals surface area (Å²) >= 11 is 6.08. The van der Waals surface area contributed by atoms with E-state index in [1.807, 2.05) is 30.1 Å². The second-order valence-electron chi connectivity index (χ2n) is 5.44. The summed E-state index contributed by atoms with van der Waals surface area (Å²) in [6.07, 6.45) is 3.90. The van der Waals surface area contributed by atoms with Crippen LogP contribution in [0, 0.1) is 0 Å². The minimum Gasteiger partial charge on any atom is -0.482 e. The predicted octanol–water partition coefficient (Wildman–Crippen LogP) is 3.04. The Morgan fingerprint density at radius 2 is 2.17 bits per heavy atom. The van der Waals surface area contributed by atoms with Crippen molar-refractivity contribution in [1.29, 1.82) is 0 Å². The molecule has 7 heteroatoms. The van der Waals surface area contributed by atoms with E-state index in [1.54, 1.807) is 12.1 Å². The maximum absolute atomic E-state index is 10.7. The van der Waals surface area contributed by atoms with Gasteiger partial charge in [0.1, 0.15) is 5.75 Å². The quantitative estimate of drug-likeness (QED) is 0.752. The molecule has 6 nitrogen and oxygen atoms in total. The number of benzene rings is 1. The number of nitrogens with zero attached hydrogens (tertiary/aromatic N) is 3. The van der Waals surface area contributed by atoms with Crippen LogP contribution in [0.5, 0.6) is 5.75 Å². The van der Waals surface area contributed by atoms with Crippen LogP contribution in [0.4, 0.5) is 0 Å². The third-order valence-corrected chi connectivity index (χ3v) is 3.87. The SMILES string of the molecule is CCN(Cc1cnn(CC)c1)Cc1cc(Cl)ccc1OCC(=O)O. The molecule has 0 radical (unpaired) electrons. The molecule has 0 aliphatic rings. The molecule has 24 heavy (non-hydrogen) atoms. The average molecular weight is 352 g/mol. The van der Waals surface area contributed by atoms with Crippen LogP contribution in [0.15, 0.2) is 30.6 Å². The number of hydrogen-bond donors (Lipinski definition) is 1. The average Bonchev–Trinajstić information content (AvgIpc) is 3.01. The van der Waals surface area contributed by atoms with Crippen molar-refractivity contribution in [2.45, 2.75) is 33.5 Å². The third kappa shape index (κ3) is 5.25. The van der Waals surface area contributed by atoms with Gasteiger partial charge < -0.3 is 9.84 Å². The molecule has 1 aromatic heterocycles. The van der Waals surface area contributed by atoms with E-state index in [0.717, 1.165) is 30.8 Å². The van der Waals surface area contributed by atoms with Gasteiger partial charge in [0, 0.05) is 42.0 Å². The van der Waals surface area contributed by atoms with Gasteiger partial charge in [-0.2, -0.15) is 5.10 Å². The van der Waals surface area contributed by atoms with Gasteiger partial charge in [0.15, 0.2) is 6.61 Å². The molecule has 0 amide bonds. The van der Waals surface area contributed by atoms with Crippen molar-refractivity contribution in [3.05, 3.63) is 46.7 Å². The molecule has 0 atom stereocenters. The topological polar surface area (TPSA) is 67.6 Å². The van der Waals surface area contributed by atoms with Crippen LogP contribution in [0.1, 0.15) is 25.0 Å². The largest absolute Gasteiger partial charge is 0.482 e. The lowest BCUT2D eigenvalue weighted by Crippen LogP contribution is -2.23. The molecular weight excluding hydrogens is 330 g/mol. The fourth-order valence-corrected chi connectivity index (χ4v) is 2.59. The molecule has 0 saturated carbocycles. The van der Waals surface area contributed by atoms with Gasteiger partial charge in [0.2, 0.25) is 0 Å². The van der Waals surface area contributed by atoms with E-state index in [9.17, 15) is 4.79 Å². The van der Waals surface area contributed by atoms with Crippen LogP contribution in [-0.2, 0) is 24.4 Å². The Kier molecular flexibility index (Phi) is 6.63. The van der Waals surface area contributed by atoms with Gasteiger partial charge in [-0.15, -0.1) is 0 Å². The van der Waals surface area contributed by atoms with Gasteiger partial charge in [-0.05, 0) is 31.7 Å². The highest BCUT2D eigenvalue weighted by molar-refractivity contribution is 6.30. The van der Waals surface area contributed by atoms with Crippen molar-refractivity contribution in [2.75, 3.05) is 13.2 Å². The van der Waals surface area contributed by atoms with Crippen LogP contribution in [0.3, 0.4) is 0 Å². The second-order valence-corrected chi connectivity index (χ2v) is 5.88. The first-order valence-electron chi connectivity index (χ1n) is 7.88. The minimum absolute atomic E-state index is 0.371. The zero-order valence-corrected chi connectivity index (χ0v) is 14.7. The first-order valence-corrected chi connectivity index (χ1v) is 8.26. The lowest BCUT2D eigenvalue weighted by molar-refractivity contribution is -0.139. The molecule has 1 aromatic carbocycles. The first kappa shape index (κ1) is 18.3. The van der Waals surface area contributed by atoms with E-state index < -0.39 is 5.97 Å². The Balaban J connectivity index is 2.10. The van der Waals surface area contributed by atoms with Gasteiger partial charge in [-0.1, -0.05) is 18.5 Å². The van der Waals surface area contributed by atoms with Crippen molar-refractivity contribution >= 4 is 17.6 Å². The zero-order valence-electron chi connectivity index (χ0n) is 13.9. The van der Waals surface area contributed by atoms with Crippen molar-refractivity contribution in [2.24, 2.45) is 0 Å². The van der Waals surface area contributed by atoms with E-state index >= 15 is 0 Å². The number of carbonyl (C=O) groups is 1. The highest BCUT2D eigenvalue weighted by Crippen LogP contribution is 2.25. The van der Waals surface area contributed by atoms with Gasteiger partial charge in [0.25, 0.3) is 0 Å². The predicted molar refractivity (Wildman–Crippen MR) is 92.3 cm³/mol. The summed E-state index contributed by atoms with van der Waals surface area (Å²) in [6, 6.07) is 5.23. The van der Waals surface area contributed by atoms with Gasteiger partial charge in [-0.25, -0.2) is 4.79 Å². The molecule has 0 aliphatic heterocycles. The number of aromatic nitrogens is 2. The summed E-state index contributed by atoms with van der Waals surface area (Å²) in [5.74, 6) is -0.459. The van der Waals surface area contributed by atoms with E-state index in [1.165, 1.54) is 0 Å². The Bertz CT molecular complexity index is 687. The molecule has 0 spiro atoms. The van der Waals surface area contributed by atoms with Gasteiger partial charge >= 0.3 is 5.97 Å². The Hall–Kier alpha value is -2.05. The van der Waals surface area contributed by atoms with E-state index in [4.69, 9.17) is 21.4 Å². The summed E-state index contributed by atoms with van der Waals surface area (Å²) in [7, 11) is 0. The molecule has 2 rings (SSSR count). The number of hydrogen-bond acceptors (Lipinski definition) is 4. The number of carboxylic acid groups (broad SMARTS) is 1. The van der Waals surface area contributed by atoms with Gasteiger partial charge in [-0.3, -0.25) is 9.58 Å². The third-order valence-electron chi connectivity index (χ3n) is 3.63. The smallest absolute Gasteiger partial charge is 0.341 e. The lowest BCUT2D eigenvalue weighted by atomic mass is 10.1. The molecule has 0 saturated heterocycles. The molecule has 1 N–H and O–H groups in total. The summed E-state index contributed by atoms with van der Waals surface area (Å²) in [6.45, 7) is 6.80. The number of rotatable bonds is 9. The molecule has 0 bridgehead atoms. The maximum Gasteiger partial charge on any atom is 0.341 e. The van der Waals surface area contributed by atoms with E-state index in [-0.39, 0.29) is 6.61 Å². The fraction of sp³-hybridized carbons (Fsp3) is 0.412. The first-order chi connectivity index (χ1) is 11.5. The van der Waals surface area contributed by atoms with Crippen LogP contribution in [0.2, 0.25) is 5.02 Å². The molecule has 1 heterocycles. The zero-order chi connectivity index (χ0) is 17.5. The van der Waals surface area contributed by atoms with Crippen molar-refractivity contribution in [3.63, 3.8) is 0 Å². The number of aryl methyl sites for hydroxylation is 1. The Labute approximate surface area is 146 Å². The molecule has 130 valence electrons. The van der Waals surface area contributed by atoms with Crippen LogP contribution >= 0.6 is 11.6 Å². The van der Waals surface area contributed by atoms with Crippen molar-refractivity contribution in [1.82, 2.24) is 14.7 Å². The van der Waals surface area contributed by atoms with Crippen LogP contribution in [0.25, 0.3) is 0 Å². The number of carboxylic acids is 1. The number of halogens is 1. The normalized spacial score (nSPS) is 11.0. The molecule has 0 unspecified atom stereocenters. The summed E-state index contributed by atoms with van der Waals surface area (Å²) < 4.78 is 7.26. The summed E-state index contributed by atoms with van der Waals surface area (Å²) in [4.78, 5) is 12.9. The molecular formula is C17H22ClN3O3. The minimum atomic E-state index is -1.00. The van der Waals surface area contributed by atoms with Crippen LogP contribution < -0.4 is 4.74 Å².